The van der Waals surface area contributed by atoms with Crippen LogP contribution in [0.15, 0.2) is 30.3 Å². The fourth-order valence-corrected chi connectivity index (χ4v) is 1.28. The van der Waals surface area contributed by atoms with E-state index in [1.165, 1.54) is 13.2 Å². The fourth-order valence-electron chi connectivity index (χ4n) is 1.28. The number of benzene rings is 1. The van der Waals surface area contributed by atoms with Crippen LogP contribution in [-0.2, 0) is 9.53 Å². The van der Waals surface area contributed by atoms with Gasteiger partial charge in [-0.05, 0) is 12.1 Å². The van der Waals surface area contributed by atoms with Crippen LogP contribution in [0.25, 0.3) is 5.70 Å². The van der Waals surface area contributed by atoms with Crippen molar-refractivity contribution < 1.29 is 19.4 Å². The molecule has 0 spiro atoms. The van der Waals surface area contributed by atoms with Crippen molar-refractivity contribution in [3.63, 3.8) is 0 Å². The molecule has 6 nitrogen and oxygen atoms in total. The Morgan fingerprint density at radius 2 is 2.17 bits per heavy atom. The smallest absolute Gasteiger partial charge is 0.341 e. The van der Waals surface area contributed by atoms with Gasteiger partial charge in [-0.15, -0.1) is 0 Å². The number of methoxy groups -OCH3 is 1. The first-order valence-corrected chi connectivity index (χ1v) is 5.08. The molecule has 0 aliphatic rings. The number of ether oxygens (including phenoxy) is 2. The molecule has 0 atom stereocenters. The normalized spacial score (nSPS) is 10.8. The predicted octanol–water partition coefficient (Wildman–Crippen LogP) is 1.07. The van der Waals surface area contributed by atoms with Crippen molar-refractivity contribution in [1.29, 1.82) is 5.41 Å². The zero-order valence-corrected chi connectivity index (χ0v) is 9.84. The molecule has 0 aliphatic heterocycles. The van der Waals surface area contributed by atoms with Crippen LogP contribution in [0, 0.1) is 5.41 Å². The molecule has 0 saturated carbocycles. The summed E-state index contributed by atoms with van der Waals surface area (Å²) in [5, 5.41) is 15.8. The molecule has 18 heavy (non-hydrogen) atoms. The van der Waals surface area contributed by atoms with Crippen molar-refractivity contribution in [2.75, 3.05) is 13.7 Å². The van der Waals surface area contributed by atoms with Gasteiger partial charge in [-0.1, -0.05) is 12.1 Å². The zero-order valence-electron chi connectivity index (χ0n) is 9.84. The number of carbonyl (C=O) groups is 1. The second-order valence-electron chi connectivity index (χ2n) is 3.35. The van der Waals surface area contributed by atoms with Crippen LogP contribution in [-0.4, -0.2) is 30.7 Å². The standard InChI is InChI=1S/C12H14N2O4/c1-17-10-5-3-2-4-8(10)9(13)6-11(14)18-7-12(15)16/h2-6,14H,7,13H2,1H3,(H,15,16)/b9-6-,14-11?. The summed E-state index contributed by atoms with van der Waals surface area (Å²) in [6.45, 7) is -0.575. The highest BCUT2D eigenvalue weighted by Crippen LogP contribution is 2.22. The van der Waals surface area contributed by atoms with Gasteiger partial charge in [0.05, 0.1) is 7.11 Å². The van der Waals surface area contributed by atoms with E-state index in [9.17, 15) is 4.79 Å². The highest BCUT2D eigenvalue weighted by molar-refractivity contribution is 5.94. The molecule has 1 aromatic rings. The number of rotatable bonds is 5. The number of aliphatic carboxylic acids is 1. The molecule has 0 bridgehead atoms. The molecule has 0 saturated heterocycles. The van der Waals surface area contributed by atoms with Gasteiger partial charge in [0.15, 0.2) is 6.61 Å². The molecule has 96 valence electrons. The van der Waals surface area contributed by atoms with E-state index < -0.39 is 12.6 Å². The lowest BCUT2D eigenvalue weighted by Crippen LogP contribution is -2.12. The van der Waals surface area contributed by atoms with Crippen LogP contribution in [0.3, 0.4) is 0 Å². The monoisotopic (exact) mass is 250 g/mol. The Balaban J connectivity index is 2.82. The van der Waals surface area contributed by atoms with Crippen molar-refractivity contribution in [3.05, 3.63) is 35.9 Å². The molecular weight excluding hydrogens is 236 g/mol. The molecule has 0 fully saturated rings. The second kappa shape index (κ2) is 6.29. The van der Waals surface area contributed by atoms with E-state index in [0.717, 1.165) is 0 Å². The van der Waals surface area contributed by atoms with Crippen LogP contribution in [0.4, 0.5) is 0 Å². The van der Waals surface area contributed by atoms with E-state index in [1.54, 1.807) is 24.3 Å². The summed E-state index contributed by atoms with van der Waals surface area (Å²) in [5.41, 5.74) is 6.67. The number of nitrogens with two attached hydrogens (primary N) is 1. The first-order chi connectivity index (χ1) is 8.54. The third-order valence-corrected chi connectivity index (χ3v) is 2.06. The first kappa shape index (κ1) is 13.6. The summed E-state index contributed by atoms with van der Waals surface area (Å²) < 4.78 is 9.78. The SMILES string of the molecule is COc1ccccc1/C(N)=C/C(=N)OCC(=O)O. The number of para-hydroxylation sites is 1. The highest BCUT2D eigenvalue weighted by Gasteiger charge is 2.06. The minimum absolute atomic E-state index is 0.267. The summed E-state index contributed by atoms with van der Waals surface area (Å²) in [6, 6.07) is 7.04. The van der Waals surface area contributed by atoms with Crippen LogP contribution in [0.1, 0.15) is 5.56 Å². The van der Waals surface area contributed by atoms with E-state index in [0.29, 0.717) is 11.3 Å². The Bertz CT molecular complexity index is 483. The third-order valence-electron chi connectivity index (χ3n) is 2.06. The predicted molar refractivity (Wildman–Crippen MR) is 66.5 cm³/mol. The Morgan fingerprint density at radius 3 is 2.78 bits per heavy atom. The topological polar surface area (TPSA) is 106 Å². The minimum atomic E-state index is -1.15. The molecule has 0 heterocycles. The molecule has 1 aromatic carbocycles. The van der Waals surface area contributed by atoms with Gasteiger partial charge in [0.2, 0.25) is 5.90 Å². The lowest BCUT2D eigenvalue weighted by molar-refractivity contribution is -0.139. The number of hydrogen-bond acceptors (Lipinski definition) is 5. The number of hydrogen-bond donors (Lipinski definition) is 3. The van der Waals surface area contributed by atoms with E-state index in [2.05, 4.69) is 4.74 Å². The lowest BCUT2D eigenvalue weighted by atomic mass is 10.1. The van der Waals surface area contributed by atoms with Crippen molar-refractivity contribution in [3.8, 4) is 5.75 Å². The van der Waals surface area contributed by atoms with Crippen LogP contribution >= 0.6 is 0 Å². The average molecular weight is 250 g/mol. The van der Waals surface area contributed by atoms with Gasteiger partial charge in [0, 0.05) is 17.3 Å². The quantitative estimate of drug-likeness (QED) is 0.535. The lowest BCUT2D eigenvalue weighted by Gasteiger charge is -2.08. The maximum absolute atomic E-state index is 10.3. The number of carboxylic acid groups (broad SMARTS) is 1. The summed E-state index contributed by atoms with van der Waals surface area (Å²) in [7, 11) is 1.51. The molecule has 6 heteroatoms. The number of nitrogens with one attached hydrogen (secondary N) is 1. The van der Waals surface area contributed by atoms with Crippen LogP contribution < -0.4 is 10.5 Å². The highest BCUT2D eigenvalue weighted by atomic mass is 16.5. The van der Waals surface area contributed by atoms with E-state index >= 15 is 0 Å². The largest absolute Gasteiger partial charge is 0.496 e. The summed E-state index contributed by atoms with van der Waals surface area (Å²) >= 11 is 0. The molecule has 0 aliphatic carbocycles. The Morgan fingerprint density at radius 1 is 1.50 bits per heavy atom. The van der Waals surface area contributed by atoms with Gasteiger partial charge in [-0.3, -0.25) is 5.41 Å². The van der Waals surface area contributed by atoms with Gasteiger partial charge >= 0.3 is 5.97 Å². The first-order valence-electron chi connectivity index (χ1n) is 5.08. The average Bonchev–Trinajstić information content (AvgIpc) is 2.36. The molecule has 1 rings (SSSR count). The fraction of sp³-hybridized carbons (Fsp3) is 0.167. The zero-order chi connectivity index (χ0) is 13.5. The van der Waals surface area contributed by atoms with Crippen molar-refractivity contribution >= 4 is 17.6 Å². The molecule has 4 N–H and O–H groups in total. The summed E-state index contributed by atoms with van der Waals surface area (Å²) in [5.74, 6) is -0.901. The minimum Gasteiger partial charge on any atom is -0.496 e. The molecular formula is C12H14N2O4. The molecule has 0 amide bonds. The van der Waals surface area contributed by atoms with E-state index in [-0.39, 0.29) is 11.6 Å². The van der Waals surface area contributed by atoms with Crippen molar-refractivity contribution in [1.82, 2.24) is 0 Å². The Kier molecular flexibility index (Phi) is 4.74. The molecule has 0 aromatic heterocycles. The van der Waals surface area contributed by atoms with Crippen molar-refractivity contribution in [2.45, 2.75) is 0 Å². The third kappa shape index (κ3) is 3.82. The van der Waals surface area contributed by atoms with E-state index in [4.69, 9.17) is 21.0 Å². The van der Waals surface area contributed by atoms with Gasteiger partial charge < -0.3 is 20.3 Å². The van der Waals surface area contributed by atoms with Crippen LogP contribution in [0.2, 0.25) is 0 Å². The second-order valence-corrected chi connectivity index (χ2v) is 3.35. The van der Waals surface area contributed by atoms with Crippen LogP contribution in [0.5, 0.6) is 5.75 Å². The molecule has 0 unspecified atom stereocenters. The Hall–Kier alpha value is -2.50. The summed E-state index contributed by atoms with van der Waals surface area (Å²) in [4.78, 5) is 10.3. The number of carboxylic acids is 1. The maximum Gasteiger partial charge on any atom is 0.341 e. The van der Waals surface area contributed by atoms with Gasteiger partial charge in [-0.2, -0.15) is 0 Å². The Labute approximate surface area is 104 Å². The molecule has 0 radical (unpaired) electrons. The van der Waals surface area contributed by atoms with Gasteiger partial charge in [-0.25, -0.2) is 4.79 Å². The van der Waals surface area contributed by atoms with Gasteiger partial charge in [0.25, 0.3) is 0 Å². The van der Waals surface area contributed by atoms with Crippen molar-refractivity contribution in [2.24, 2.45) is 5.73 Å². The maximum atomic E-state index is 10.3. The summed E-state index contributed by atoms with van der Waals surface area (Å²) in [6.07, 6.45) is 1.24. The van der Waals surface area contributed by atoms with E-state index in [1.807, 2.05) is 0 Å². The van der Waals surface area contributed by atoms with Gasteiger partial charge in [0.1, 0.15) is 5.75 Å².